The number of nitrogens with zero attached hydrogens (tertiary/aromatic N) is 1. The van der Waals surface area contributed by atoms with Gasteiger partial charge in [0.1, 0.15) is 5.01 Å². The van der Waals surface area contributed by atoms with E-state index < -0.39 is 17.3 Å². The molecule has 3 aromatic rings. The molecule has 0 spiro atoms. The van der Waals surface area contributed by atoms with Crippen LogP contribution < -0.4 is 11.1 Å². The highest BCUT2D eigenvalue weighted by atomic mass is 32.1. The standard InChI is InChI=1S/C25H25N3O4S/c1-3-25(2,24(26)32)20-15-33-22(28-20)12-11-16-7-6-9-18(13-16)27-21(29)14-17-8-4-5-10-19(17)23(30)31/h4-13,15H,3,14H2,1-2H3,(H2,26,32)(H,27,29)(H,30,31)/b12-11+. The lowest BCUT2D eigenvalue weighted by Gasteiger charge is -2.21. The van der Waals surface area contributed by atoms with Crippen molar-refractivity contribution < 1.29 is 19.5 Å². The lowest BCUT2D eigenvalue weighted by atomic mass is 9.84. The first-order valence-corrected chi connectivity index (χ1v) is 11.3. The minimum Gasteiger partial charge on any atom is -0.478 e. The lowest BCUT2D eigenvalue weighted by molar-refractivity contribution is -0.123. The quantitative estimate of drug-likeness (QED) is 0.435. The maximum Gasteiger partial charge on any atom is 0.335 e. The Bertz CT molecular complexity index is 1220. The molecular weight excluding hydrogens is 438 g/mol. The van der Waals surface area contributed by atoms with Crippen molar-refractivity contribution in [1.29, 1.82) is 0 Å². The van der Waals surface area contributed by atoms with Crippen LogP contribution in [0.4, 0.5) is 5.69 Å². The Hall–Kier alpha value is -3.78. The normalized spacial score (nSPS) is 12.9. The highest BCUT2D eigenvalue weighted by Crippen LogP contribution is 2.29. The van der Waals surface area contributed by atoms with Crippen LogP contribution in [0.15, 0.2) is 53.9 Å². The van der Waals surface area contributed by atoms with E-state index in [1.54, 1.807) is 31.2 Å². The molecule has 8 heteroatoms. The van der Waals surface area contributed by atoms with Gasteiger partial charge in [-0.1, -0.05) is 43.3 Å². The molecule has 2 aromatic carbocycles. The molecule has 0 saturated heterocycles. The molecule has 0 aliphatic heterocycles. The van der Waals surface area contributed by atoms with Gasteiger partial charge in [0.2, 0.25) is 11.8 Å². The number of aromatic nitrogens is 1. The molecule has 0 aliphatic carbocycles. The van der Waals surface area contributed by atoms with Crippen molar-refractivity contribution in [3.05, 3.63) is 81.3 Å². The number of aromatic carboxylic acids is 1. The van der Waals surface area contributed by atoms with Gasteiger partial charge < -0.3 is 16.2 Å². The van der Waals surface area contributed by atoms with Gasteiger partial charge in [0, 0.05) is 11.1 Å². The molecule has 3 rings (SSSR count). The second kappa shape index (κ2) is 10.2. The second-order valence-corrected chi connectivity index (χ2v) is 8.66. The fourth-order valence-corrected chi connectivity index (χ4v) is 4.09. The van der Waals surface area contributed by atoms with E-state index in [1.165, 1.54) is 17.4 Å². The maximum atomic E-state index is 12.5. The van der Waals surface area contributed by atoms with Crippen LogP contribution in [0.5, 0.6) is 0 Å². The van der Waals surface area contributed by atoms with Gasteiger partial charge >= 0.3 is 5.97 Å². The van der Waals surface area contributed by atoms with Gasteiger partial charge in [0.05, 0.1) is 23.1 Å². The molecule has 2 amide bonds. The third-order valence-corrected chi connectivity index (χ3v) is 6.34. The number of anilines is 1. The van der Waals surface area contributed by atoms with Crippen LogP contribution in [-0.2, 0) is 21.4 Å². The molecule has 1 aromatic heterocycles. The van der Waals surface area contributed by atoms with Gasteiger partial charge in [-0.15, -0.1) is 11.3 Å². The van der Waals surface area contributed by atoms with Crippen LogP contribution in [0, 0.1) is 0 Å². The Morgan fingerprint density at radius 1 is 1.15 bits per heavy atom. The number of nitrogens with one attached hydrogen (secondary N) is 1. The minimum absolute atomic E-state index is 0.0412. The zero-order valence-corrected chi connectivity index (χ0v) is 19.2. The van der Waals surface area contributed by atoms with Crippen LogP contribution in [0.3, 0.4) is 0 Å². The van der Waals surface area contributed by atoms with Gasteiger partial charge in [0.15, 0.2) is 0 Å². The molecule has 1 heterocycles. The van der Waals surface area contributed by atoms with Crippen LogP contribution in [0.25, 0.3) is 12.2 Å². The van der Waals surface area contributed by atoms with E-state index in [0.717, 1.165) is 10.6 Å². The third kappa shape index (κ3) is 5.72. The first kappa shape index (κ1) is 23.9. The number of hydrogen-bond acceptors (Lipinski definition) is 5. The van der Waals surface area contributed by atoms with Crippen molar-refractivity contribution in [2.75, 3.05) is 5.32 Å². The highest BCUT2D eigenvalue weighted by molar-refractivity contribution is 7.10. The van der Waals surface area contributed by atoms with Gasteiger partial charge in [-0.3, -0.25) is 9.59 Å². The molecule has 7 nitrogen and oxygen atoms in total. The predicted octanol–water partition coefficient (Wildman–Crippen LogP) is 4.35. The van der Waals surface area contributed by atoms with Gasteiger partial charge in [-0.05, 0) is 48.7 Å². The van der Waals surface area contributed by atoms with Crippen molar-refractivity contribution in [2.24, 2.45) is 5.73 Å². The Morgan fingerprint density at radius 3 is 2.61 bits per heavy atom. The molecule has 1 unspecified atom stereocenters. The van der Waals surface area contributed by atoms with Crippen LogP contribution in [0.1, 0.15) is 52.5 Å². The first-order valence-electron chi connectivity index (χ1n) is 10.4. The first-order chi connectivity index (χ1) is 15.7. The molecule has 33 heavy (non-hydrogen) atoms. The number of hydrogen-bond donors (Lipinski definition) is 3. The number of nitrogens with two attached hydrogens (primary N) is 1. The summed E-state index contributed by atoms with van der Waals surface area (Å²) in [6, 6.07) is 13.7. The molecule has 4 N–H and O–H groups in total. The topological polar surface area (TPSA) is 122 Å². The molecule has 0 fully saturated rings. The number of benzene rings is 2. The zero-order chi connectivity index (χ0) is 24.0. The molecule has 0 radical (unpaired) electrons. The molecule has 1 atom stereocenters. The van der Waals surface area contributed by atoms with Crippen LogP contribution >= 0.6 is 11.3 Å². The number of carboxylic acid groups (broad SMARTS) is 1. The highest BCUT2D eigenvalue weighted by Gasteiger charge is 2.33. The number of carbonyl (C=O) groups is 3. The summed E-state index contributed by atoms with van der Waals surface area (Å²) in [4.78, 5) is 40.2. The number of thiazole rings is 1. The molecule has 0 saturated carbocycles. The number of carbonyl (C=O) groups excluding carboxylic acids is 2. The van der Waals surface area contributed by atoms with Gasteiger partial charge in [-0.25, -0.2) is 9.78 Å². The summed E-state index contributed by atoms with van der Waals surface area (Å²) in [5, 5.41) is 14.7. The Labute approximate surface area is 196 Å². The fourth-order valence-electron chi connectivity index (χ4n) is 3.25. The van der Waals surface area contributed by atoms with Gasteiger partial charge in [0.25, 0.3) is 0 Å². The van der Waals surface area contributed by atoms with Crippen molar-refractivity contribution in [1.82, 2.24) is 4.98 Å². The summed E-state index contributed by atoms with van der Waals surface area (Å²) in [5.41, 5.74) is 7.43. The Morgan fingerprint density at radius 2 is 1.91 bits per heavy atom. The Balaban J connectivity index is 1.69. The van der Waals surface area contributed by atoms with E-state index in [0.29, 0.717) is 23.4 Å². The largest absolute Gasteiger partial charge is 0.478 e. The summed E-state index contributed by atoms with van der Waals surface area (Å²) >= 11 is 1.42. The summed E-state index contributed by atoms with van der Waals surface area (Å²) in [7, 11) is 0. The average molecular weight is 464 g/mol. The summed E-state index contributed by atoms with van der Waals surface area (Å²) in [5.74, 6) is -1.77. The van der Waals surface area contributed by atoms with E-state index >= 15 is 0 Å². The number of rotatable bonds is 9. The fraction of sp³-hybridized carbons (Fsp3) is 0.200. The van der Waals surface area contributed by atoms with E-state index in [1.807, 2.05) is 42.7 Å². The van der Waals surface area contributed by atoms with Crippen molar-refractivity contribution in [3.63, 3.8) is 0 Å². The van der Waals surface area contributed by atoms with Gasteiger partial charge in [-0.2, -0.15) is 0 Å². The van der Waals surface area contributed by atoms with Crippen LogP contribution in [-0.4, -0.2) is 27.9 Å². The van der Waals surface area contributed by atoms with Crippen molar-refractivity contribution in [3.8, 4) is 0 Å². The van der Waals surface area contributed by atoms with Crippen LogP contribution in [0.2, 0.25) is 0 Å². The van der Waals surface area contributed by atoms with E-state index in [4.69, 9.17) is 5.73 Å². The summed E-state index contributed by atoms with van der Waals surface area (Å²) in [6.07, 6.45) is 4.23. The Kier molecular flexibility index (Phi) is 7.40. The third-order valence-electron chi connectivity index (χ3n) is 5.53. The SMILES string of the molecule is CCC(C)(C(N)=O)c1csc(/C=C/c2cccc(NC(=O)Cc3ccccc3C(=O)O)c2)n1. The number of carboxylic acids is 1. The molecule has 0 aliphatic rings. The predicted molar refractivity (Wildman–Crippen MR) is 130 cm³/mol. The number of primary amides is 1. The molecule has 0 bridgehead atoms. The maximum absolute atomic E-state index is 12.5. The van der Waals surface area contributed by atoms with Crippen molar-refractivity contribution in [2.45, 2.75) is 32.1 Å². The van der Waals surface area contributed by atoms with E-state index in [9.17, 15) is 19.5 Å². The lowest BCUT2D eigenvalue weighted by Crippen LogP contribution is -2.38. The number of amides is 2. The molecule has 170 valence electrons. The second-order valence-electron chi connectivity index (χ2n) is 7.77. The van der Waals surface area contributed by atoms with Crippen molar-refractivity contribution >= 4 is 47.0 Å². The summed E-state index contributed by atoms with van der Waals surface area (Å²) in [6.45, 7) is 3.69. The van der Waals surface area contributed by atoms with E-state index in [-0.39, 0.29) is 17.9 Å². The smallest absolute Gasteiger partial charge is 0.335 e. The minimum atomic E-state index is -1.06. The average Bonchev–Trinajstić information content (AvgIpc) is 3.27. The monoisotopic (exact) mass is 463 g/mol. The summed E-state index contributed by atoms with van der Waals surface area (Å²) < 4.78 is 0. The molecular formula is C25H25N3O4S. The van der Waals surface area contributed by atoms with E-state index in [2.05, 4.69) is 10.3 Å². The zero-order valence-electron chi connectivity index (χ0n) is 18.4.